The van der Waals surface area contributed by atoms with E-state index >= 15 is 0 Å². The Labute approximate surface area is 262 Å². The molecule has 8 heteroatoms. The number of phosphoric ester groups is 1. The van der Waals surface area contributed by atoms with Crippen molar-refractivity contribution in [1.82, 2.24) is 0 Å². The maximum atomic E-state index is 12.2. The standard InChI is InChI=1S/C34H72NO6P/c1-33(2)27-23-19-15-11-9-7-8-10-13-17-21-25-29-39-31-34(38-6)32-41-42(36,37)40-30-26-22-18-14-12-16-20-24-28-35(3,4)5/h33-34H,7-32H2,1-6H3/p+1. The Morgan fingerprint density at radius 3 is 1.48 bits per heavy atom. The van der Waals surface area contributed by atoms with E-state index in [-0.39, 0.29) is 19.3 Å². The average molecular weight is 623 g/mol. The zero-order valence-corrected chi connectivity index (χ0v) is 29.8. The molecule has 42 heavy (non-hydrogen) atoms. The van der Waals surface area contributed by atoms with Gasteiger partial charge in [-0.2, -0.15) is 0 Å². The van der Waals surface area contributed by atoms with Crippen LogP contribution in [0.1, 0.15) is 149 Å². The summed E-state index contributed by atoms with van der Waals surface area (Å²) < 4.78 is 34.6. The average Bonchev–Trinajstić information content (AvgIpc) is 2.92. The molecule has 0 aromatic carbocycles. The van der Waals surface area contributed by atoms with Crippen molar-refractivity contribution in [3.05, 3.63) is 0 Å². The third-order valence-electron chi connectivity index (χ3n) is 7.86. The Balaban J connectivity index is 3.54. The molecule has 0 rings (SSSR count). The van der Waals surface area contributed by atoms with Gasteiger partial charge in [-0.1, -0.05) is 123 Å². The highest BCUT2D eigenvalue weighted by atomic mass is 31.2. The van der Waals surface area contributed by atoms with E-state index in [4.69, 9.17) is 18.5 Å². The molecule has 0 heterocycles. The van der Waals surface area contributed by atoms with E-state index in [0.29, 0.717) is 13.2 Å². The summed E-state index contributed by atoms with van der Waals surface area (Å²) >= 11 is 0. The molecule has 0 aromatic heterocycles. The van der Waals surface area contributed by atoms with E-state index in [1.54, 1.807) is 7.11 Å². The van der Waals surface area contributed by atoms with Gasteiger partial charge in [-0.25, -0.2) is 4.57 Å². The SMILES string of the molecule is COC(COCCCCCCCCCCCCCCC(C)C)COP(=O)(O)OCCCCCCCCCC[N+](C)(C)C. The van der Waals surface area contributed by atoms with Crippen LogP contribution in [0.4, 0.5) is 0 Å². The first-order valence-electron chi connectivity index (χ1n) is 17.6. The first-order chi connectivity index (χ1) is 20.1. The van der Waals surface area contributed by atoms with Crippen LogP contribution in [-0.4, -0.2) is 76.7 Å². The van der Waals surface area contributed by atoms with Gasteiger partial charge in [0.25, 0.3) is 0 Å². The Kier molecular flexibility index (Phi) is 28.5. The summed E-state index contributed by atoms with van der Waals surface area (Å²) in [6.07, 6.45) is 26.2. The molecule has 0 aliphatic rings. The third kappa shape index (κ3) is 32.9. The molecule has 0 aliphatic carbocycles. The molecule has 2 unspecified atom stereocenters. The van der Waals surface area contributed by atoms with Crippen LogP contribution in [0.25, 0.3) is 0 Å². The summed E-state index contributed by atoms with van der Waals surface area (Å²) in [4.78, 5) is 9.97. The van der Waals surface area contributed by atoms with Gasteiger partial charge < -0.3 is 18.9 Å². The Morgan fingerprint density at radius 1 is 0.595 bits per heavy atom. The van der Waals surface area contributed by atoms with Gasteiger partial charge in [-0.15, -0.1) is 0 Å². The van der Waals surface area contributed by atoms with Crippen LogP contribution in [0.2, 0.25) is 0 Å². The molecular formula is C34H73NO6P+. The molecule has 0 aromatic rings. The number of quaternary nitrogens is 1. The second kappa shape index (κ2) is 28.5. The van der Waals surface area contributed by atoms with Crippen LogP contribution in [0.5, 0.6) is 0 Å². The monoisotopic (exact) mass is 623 g/mol. The Hall–Kier alpha value is -0.0100. The number of nitrogens with zero attached hydrogens (tertiary/aromatic N) is 1. The van der Waals surface area contributed by atoms with Crippen LogP contribution in [-0.2, 0) is 23.1 Å². The largest absolute Gasteiger partial charge is 0.472 e. The van der Waals surface area contributed by atoms with E-state index in [2.05, 4.69) is 35.0 Å². The van der Waals surface area contributed by atoms with Crippen LogP contribution in [0.3, 0.4) is 0 Å². The minimum Gasteiger partial charge on any atom is -0.379 e. The first kappa shape index (κ1) is 42.0. The summed E-state index contributed by atoms with van der Waals surface area (Å²) in [7, 11) is 4.23. The fourth-order valence-electron chi connectivity index (χ4n) is 5.07. The van der Waals surface area contributed by atoms with Crippen molar-refractivity contribution in [2.24, 2.45) is 5.92 Å². The van der Waals surface area contributed by atoms with Crippen LogP contribution < -0.4 is 0 Å². The highest BCUT2D eigenvalue weighted by Gasteiger charge is 2.23. The molecule has 254 valence electrons. The molecular weight excluding hydrogens is 549 g/mol. The number of hydrogen-bond acceptors (Lipinski definition) is 5. The minimum absolute atomic E-state index is 0.0175. The van der Waals surface area contributed by atoms with Gasteiger partial charge in [-0.3, -0.25) is 9.05 Å². The summed E-state index contributed by atoms with van der Waals surface area (Å²) in [5.41, 5.74) is 0. The second-order valence-electron chi connectivity index (χ2n) is 13.8. The lowest BCUT2D eigenvalue weighted by Gasteiger charge is -2.23. The molecule has 0 fully saturated rings. The number of hydrogen-bond donors (Lipinski definition) is 1. The number of ether oxygens (including phenoxy) is 2. The molecule has 1 N–H and O–H groups in total. The third-order valence-corrected chi connectivity index (χ3v) is 8.84. The summed E-state index contributed by atoms with van der Waals surface area (Å²) in [5, 5.41) is 0. The highest BCUT2D eigenvalue weighted by molar-refractivity contribution is 7.47. The van der Waals surface area contributed by atoms with E-state index in [1.807, 2.05) is 0 Å². The van der Waals surface area contributed by atoms with Gasteiger partial charge in [0.2, 0.25) is 0 Å². The molecule has 0 aliphatic heterocycles. The molecule has 0 saturated heterocycles. The van der Waals surface area contributed by atoms with Gasteiger partial charge in [0, 0.05) is 13.7 Å². The lowest BCUT2D eigenvalue weighted by Crippen LogP contribution is -2.35. The van der Waals surface area contributed by atoms with E-state index in [0.717, 1.165) is 36.1 Å². The maximum Gasteiger partial charge on any atom is 0.472 e. The van der Waals surface area contributed by atoms with Gasteiger partial charge >= 0.3 is 7.82 Å². The number of unbranched alkanes of at least 4 members (excludes halogenated alkanes) is 18. The topological polar surface area (TPSA) is 74.2 Å². The van der Waals surface area contributed by atoms with Crippen molar-refractivity contribution in [2.75, 3.05) is 61.2 Å². The number of phosphoric acid groups is 1. The van der Waals surface area contributed by atoms with Gasteiger partial charge in [-0.05, 0) is 31.6 Å². The second-order valence-corrected chi connectivity index (χ2v) is 15.3. The predicted molar refractivity (Wildman–Crippen MR) is 178 cm³/mol. The minimum atomic E-state index is -4.06. The first-order valence-corrected chi connectivity index (χ1v) is 19.1. The highest BCUT2D eigenvalue weighted by Crippen LogP contribution is 2.43. The molecule has 7 nitrogen and oxygen atoms in total. The van der Waals surface area contributed by atoms with E-state index < -0.39 is 7.82 Å². The van der Waals surface area contributed by atoms with Crippen molar-refractivity contribution in [2.45, 2.75) is 155 Å². The van der Waals surface area contributed by atoms with Crippen molar-refractivity contribution < 1.29 is 32.5 Å². The van der Waals surface area contributed by atoms with Crippen molar-refractivity contribution in [3.8, 4) is 0 Å². The lowest BCUT2D eigenvalue weighted by molar-refractivity contribution is -0.870. The maximum absolute atomic E-state index is 12.2. The van der Waals surface area contributed by atoms with Crippen LogP contribution in [0.15, 0.2) is 0 Å². The van der Waals surface area contributed by atoms with E-state index in [9.17, 15) is 9.46 Å². The lowest BCUT2D eigenvalue weighted by atomic mass is 10.0. The quantitative estimate of drug-likeness (QED) is 0.0446. The van der Waals surface area contributed by atoms with Gasteiger partial charge in [0.05, 0.1) is 47.5 Å². The summed E-state index contributed by atoms with van der Waals surface area (Å²) in [6, 6.07) is 0. The van der Waals surface area contributed by atoms with Crippen molar-refractivity contribution >= 4 is 7.82 Å². The van der Waals surface area contributed by atoms with Crippen molar-refractivity contribution in [1.29, 1.82) is 0 Å². The summed E-state index contributed by atoms with van der Waals surface area (Å²) in [6.45, 7) is 7.12. The number of rotatable bonds is 33. The normalized spacial score (nSPS) is 14.5. The fourth-order valence-corrected chi connectivity index (χ4v) is 5.86. The molecule has 0 radical (unpaired) electrons. The van der Waals surface area contributed by atoms with Crippen molar-refractivity contribution in [3.63, 3.8) is 0 Å². The fraction of sp³-hybridized carbons (Fsp3) is 1.00. The molecule has 0 bridgehead atoms. The van der Waals surface area contributed by atoms with E-state index in [1.165, 1.54) is 116 Å². The zero-order chi connectivity index (χ0) is 31.4. The molecule has 2 atom stereocenters. The predicted octanol–water partition coefficient (Wildman–Crippen LogP) is 9.71. The summed E-state index contributed by atoms with van der Waals surface area (Å²) in [5.74, 6) is 0.852. The van der Waals surface area contributed by atoms with Gasteiger partial charge in [0.1, 0.15) is 6.10 Å². The zero-order valence-electron chi connectivity index (χ0n) is 28.9. The van der Waals surface area contributed by atoms with Gasteiger partial charge in [0.15, 0.2) is 0 Å². The molecule has 0 amide bonds. The number of methoxy groups -OCH3 is 1. The molecule has 0 spiro atoms. The Bertz CT molecular complexity index is 613. The Morgan fingerprint density at radius 2 is 1.02 bits per heavy atom. The van der Waals surface area contributed by atoms with Crippen LogP contribution in [0, 0.1) is 5.92 Å². The molecule has 0 saturated carbocycles. The van der Waals surface area contributed by atoms with Crippen LogP contribution >= 0.6 is 7.82 Å². The smallest absolute Gasteiger partial charge is 0.379 e.